The summed E-state index contributed by atoms with van der Waals surface area (Å²) in [4.78, 5) is 23.0. The third kappa shape index (κ3) is 4.82. The SMILES string of the molecule is Cc1ccc(C(NC(C)Nc2ccc(F)c(F)c2)c2cccc(Nc3c(O)c(=O)c3=O)c2)cc1. The van der Waals surface area contributed by atoms with Gasteiger partial charge in [0, 0.05) is 17.4 Å². The maximum atomic E-state index is 13.6. The van der Waals surface area contributed by atoms with Crippen molar-refractivity contribution in [2.75, 3.05) is 10.6 Å². The van der Waals surface area contributed by atoms with Crippen molar-refractivity contribution in [3.05, 3.63) is 116 Å². The summed E-state index contributed by atoms with van der Waals surface area (Å²) >= 11 is 0. The largest absolute Gasteiger partial charge is 0.502 e. The highest BCUT2D eigenvalue weighted by atomic mass is 19.2. The number of benzene rings is 3. The number of hydrogen-bond acceptors (Lipinski definition) is 6. The number of rotatable bonds is 8. The molecule has 0 aliphatic carbocycles. The van der Waals surface area contributed by atoms with Crippen LogP contribution in [0.3, 0.4) is 0 Å². The number of aryl methyl sites for hydroxylation is 1. The van der Waals surface area contributed by atoms with Crippen LogP contribution in [0.5, 0.6) is 5.75 Å². The number of nitrogens with one attached hydrogen (secondary N) is 3. The summed E-state index contributed by atoms with van der Waals surface area (Å²) in [6, 6.07) is 18.5. The topological polar surface area (TPSA) is 90.5 Å². The second-order valence-corrected chi connectivity index (χ2v) is 8.14. The van der Waals surface area contributed by atoms with Crippen molar-refractivity contribution in [2.45, 2.75) is 26.1 Å². The summed E-state index contributed by atoms with van der Waals surface area (Å²) in [6.07, 6.45) is -0.342. The van der Waals surface area contributed by atoms with E-state index in [4.69, 9.17) is 0 Å². The van der Waals surface area contributed by atoms with E-state index in [0.29, 0.717) is 11.4 Å². The summed E-state index contributed by atoms with van der Waals surface area (Å²) in [7, 11) is 0. The minimum Gasteiger partial charge on any atom is -0.502 e. The molecule has 0 bridgehead atoms. The van der Waals surface area contributed by atoms with E-state index < -0.39 is 28.2 Å². The van der Waals surface area contributed by atoms with Gasteiger partial charge in [0.25, 0.3) is 10.9 Å². The molecule has 34 heavy (non-hydrogen) atoms. The molecule has 0 heterocycles. The van der Waals surface area contributed by atoms with Gasteiger partial charge in [0.2, 0.25) is 0 Å². The monoisotopic (exact) mass is 463 g/mol. The summed E-state index contributed by atoms with van der Waals surface area (Å²) < 4.78 is 26.9. The van der Waals surface area contributed by atoms with Crippen LogP contribution in [0, 0.1) is 18.6 Å². The van der Waals surface area contributed by atoms with Gasteiger partial charge in [-0.15, -0.1) is 0 Å². The Hall–Kier alpha value is -4.04. The van der Waals surface area contributed by atoms with E-state index in [1.54, 1.807) is 18.2 Å². The van der Waals surface area contributed by atoms with Crippen LogP contribution in [0.2, 0.25) is 0 Å². The first-order valence-corrected chi connectivity index (χ1v) is 10.7. The minimum atomic E-state index is -0.937. The van der Waals surface area contributed by atoms with Crippen LogP contribution >= 0.6 is 0 Å². The van der Waals surface area contributed by atoms with E-state index in [9.17, 15) is 23.5 Å². The van der Waals surface area contributed by atoms with Gasteiger partial charge in [0.15, 0.2) is 17.4 Å². The Labute approximate surface area is 194 Å². The van der Waals surface area contributed by atoms with Crippen molar-refractivity contribution in [1.29, 1.82) is 0 Å². The molecule has 0 radical (unpaired) electrons. The molecule has 0 saturated heterocycles. The van der Waals surface area contributed by atoms with E-state index in [1.165, 1.54) is 6.07 Å². The highest BCUT2D eigenvalue weighted by Gasteiger charge is 2.21. The molecule has 8 heteroatoms. The van der Waals surface area contributed by atoms with E-state index in [1.807, 2.05) is 44.2 Å². The van der Waals surface area contributed by atoms with E-state index in [2.05, 4.69) is 16.0 Å². The standard InChI is InChI=1S/C26H23F2N3O3/c1-14-6-8-16(9-7-14)22(30-15(2)29-19-10-11-20(27)21(28)13-19)17-4-3-5-18(12-17)31-23-24(32)26(34)25(23)33/h3-13,15,22,29-32H,1-2H3. The molecule has 2 unspecified atom stereocenters. The Morgan fingerprint density at radius 3 is 2.24 bits per heavy atom. The van der Waals surface area contributed by atoms with Gasteiger partial charge in [-0.25, -0.2) is 8.78 Å². The fraction of sp³-hybridized carbons (Fsp3) is 0.154. The van der Waals surface area contributed by atoms with Crippen LogP contribution < -0.4 is 26.8 Å². The minimum absolute atomic E-state index is 0.129. The molecule has 0 aromatic heterocycles. The smallest absolute Gasteiger partial charge is 0.271 e. The molecule has 2 atom stereocenters. The molecule has 0 fully saturated rings. The Morgan fingerprint density at radius 1 is 0.824 bits per heavy atom. The molecule has 174 valence electrons. The normalized spacial score (nSPS) is 12.9. The van der Waals surface area contributed by atoms with Gasteiger partial charge in [0.05, 0.1) is 12.2 Å². The summed E-state index contributed by atoms with van der Waals surface area (Å²) in [5.74, 6) is -2.43. The Bertz CT molecular complexity index is 1400. The fourth-order valence-electron chi connectivity index (χ4n) is 3.71. The molecule has 0 aliphatic rings. The first kappa shape index (κ1) is 23.1. The first-order chi connectivity index (χ1) is 16.2. The summed E-state index contributed by atoms with van der Waals surface area (Å²) in [5.41, 5.74) is 2.05. The molecule has 4 N–H and O–H groups in total. The van der Waals surface area contributed by atoms with E-state index in [0.717, 1.165) is 28.8 Å². The summed E-state index contributed by atoms with van der Waals surface area (Å²) in [5, 5.41) is 19.0. The van der Waals surface area contributed by atoms with Crippen LogP contribution in [0.1, 0.15) is 29.7 Å². The highest BCUT2D eigenvalue weighted by molar-refractivity contribution is 5.69. The van der Waals surface area contributed by atoms with Gasteiger partial charge in [-0.05, 0) is 49.2 Å². The lowest BCUT2D eigenvalue weighted by Gasteiger charge is -2.26. The van der Waals surface area contributed by atoms with Gasteiger partial charge >= 0.3 is 0 Å². The van der Waals surface area contributed by atoms with Gasteiger partial charge < -0.3 is 15.7 Å². The summed E-state index contributed by atoms with van der Waals surface area (Å²) in [6.45, 7) is 3.84. The molecule has 0 saturated carbocycles. The van der Waals surface area contributed by atoms with Crippen LogP contribution in [-0.4, -0.2) is 11.3 Å². The second-order valence-electron chi connectivity index (χ2n) is 8.14. The van der Waals surface area contributed by atoms with E-state index in [-0.39, 0.29) is 17.9 Å². The van der Waals surface area contributed by atoms with Gasteiger partial charge in [-0.2, -0.15) is 0 Å². The zero-order valence-electron chi connectivity index (χ0n) is 18.5. The van der Waals surface area contributed by atoms with Crippen molar-refractivity contribution in [3.63, 3.8) is 0 Å². The molecule has 0 aliphatic heterocycles. The third-order valence-corrected chi connectivity index (χ3v) is 5.50. The van der Waals surface area contributed by atoms with Gasteiger partial charge in [0.1, 0.15) is 5.69 Å². The molecule has 4 rings (SSSR count). The molecule has 4 aromatic rings. The van der Waals surface area contributed by atoms with Crippen LogP contribution in [-0.2, 0) is 0 Å². The number of aromatic hydroxyl groups is 1. The van der Waals surface area contributed by atoms with Crippen LogP contribution in [0.25, 0.3) is 0 Å². The molecular weight excluding hydrogens is 440 g/mol. The van der Waals surface area contributed by atoms with Crippen molar-refractivity contribution in [2.24, 2.45) is 0 Å². The fourth-order valence-corrected chi connectivity index (χ4v) is 3.71. The second kappa shape index (κ2) is 9.44. The lowest BCUT2D eigenvalue weighted by Crippen LogP contribution is -2.37. The third-order valence-electron chi connectivity index (χ3n) is 5.50. The zero-order chi connectivity index (χ0) is 24.4. The molecule has 0 amide bonds. The van der Waals surface area contributed by atoms with Crippen LogP contribution in [0.15, 0.2) is 76.3 Å². The Balaban J connectivity index is 1.61. The Kier molecular flexibility index (Phi) is 6.43. The molecule has 6 nitrogen and oxygen atoms in total. The molecule has 4 aromatic carbocycles. The lowest BCUT2D eigenvalue weighted by molar-refractivity contribution is 0.466. The first-order valence-electron chi connectivity index (χ1n) is 10.7. The highest BCUT2D eigenvalue weighted by Crippen LogP contribution is 2.28. The number of halogens is 2. The van der Waals surface area contributed by atoms with Gasteiger partial charge in [-0.1, -0.05) is 42.0 Å². The van der Waals surface area contributed by atoms with Crippen molar-refractivity contribution in [3.8, 4) is 5.75 Å². The number of anilines is 3. The number of hydrogen-bond donors (Lipinski definition) is 4. The molecular formula is C26H23F2N3O3. The maximum absolute atomic E-state index is 13.6. The average Bonchev–Trinajstić information content (AvgIpc) is 2.83. The predicted octanol–water partition coefficient (Wildman–Crippen LogP) is 4.46. The van der Waals surface area contributed by atoms with Gasteiger partial charge in [-0.3, -0.25) is 14.9 Å². The molecule has 0 spiro atoms. The van der Waals surface area contributed by atoms with Crippen molar-refractivity contribution >= 4 is 17.1 Å². The van der Waals surface area contributed by atoms with E-state index >= 15 is 0 Å². The quantitative estimate of drug-likeness (QED) is 0.228. The van der Waals surface area contributed by atoms with Crippen molar-refractivity contribution in [1.82, 2.24) is 5.32 Å². The predicted molar refractivity (Wildman–Crippen MR) is 128 cm³/mol. The maximum Gasteiger partial charge on any atom is 0.271 e. The lowest BCUT2D eigenvalue weighted by atomic mass is 9.97. The zero-order valence-corrected chi connectivity index (χ0v) is 18.5. The van der Waals surface area contributed by atoms with Crippen molar-refractivity contribution < 1.29 is 13.9 Å². The average molecular weight is 463 g/mol. The Morgan fingerprint density at radius 2 is 1.56 bits per heavy atom. The van der Waals surface area contributed by atoms with Crippen LogP contribution in [0.4, 0.5) is 25.8 Å².